The van der Waals surface area contributed by atoms with Crippen molar-refractivity contribution >= 4 is 19.8 Å². The molecule has 0 saturated heterocycles. The van der Waals surface area contributed by atoms with Gasteiger partial charge in [0.1, 0.15) is 42.8 Å². The Morgan fingerprint density at radius 3 is 1.64 bits per heavy atom. The minimum absolute atomic E-state index is 0.0203. The molecule has 0 aromatic carbocycles. The molecule has 0 aliphatic heterocycles. The number of phosphoric acid groups is 1. The predicted molar refractivity (Wildman–Crippen MR) is 245 cm³/mol. The topological polar surface area (TPSA) is 135 Å². The molecule has 2 unspecified atom stereocenters. The number of hydrogen-bond donors (Lipinski definition) is 1. The van der Waals surface area contributed by atoms with Crippen molar-refractivity contribution in [1.82, 2.24) is 0 Å². The molecule has 0 radical (unpaired) electrons. The van der Waals surface area contributed by atoms with Gasteiger partial charge >= 0.3 is 19.8 Å². The third-order valence-electron chi connectivity index (χ3n) is 11.5. The zero-order valence-corrected chi connectivity index (χ0v) is 40.8. The summed E-state index contributed by atoms with van der Waals surface area (Å²) < 4.78 is 46.7. The largest absolute Gasteiger partial charge is 0.472 e. The molecule has 12 heteroatoms. The van der Waals surface area contributed by atoms with Gasteiger partial charge in [-0.25, -0.2) is 4.57 Å². The van der Waals surface area contributed by atoms with E-state index in [9.17, 15) is 19.0 Å². The van der Waals surface area contributed by atoms with Crippen LogP contribution in [0.5, 0.6) is 0 Å². The van der Waals surface area contributed by atoms with E-state index in [0.717, 1.165) is 101 Å². The van der Waals surface area contributed by atoms with E-state index in [1.165, 1.54) is 80.2 Å². The summed E-state index contributed by atoms with van der Waals surface area (Å²) in [5.74, 6) is 3.74. The molecule has 2 heterocycles. The molecule has 0 amide bonds. The van der Waals surface area contributed by atoms with Crippen LogP contribution in [-0.4, -0.2) is 74.9 Å². The number of rotatable bonds is 38. The van der Waals surface area contributed by atoms with Crippen LogP contribution >= 0.6 is 7.82 Å². The van der Waals surface area contributed by atoms with E-state index in [1.807, 2.05) is 21.1 Å². The standard InChI is InChI=1S/C49H86NO10P/c1-9-11-24-31-46-41(4)42(5)47(60-46)32-26-21-17-13-14-18-22-27-33-48(51)55-38-44(39-57-61(53,54)56-36-35-50(6,7)8)59-49(52)34-28-23-19-15-12-16-20-25-30-45-40(3)37-43(58-45)29-10-2/h37,44H,9-36,38-39H2,1-8H3/p+1. The van der Waals surface area contributed by atoms with E-state index in [-0.39, 0.29) is 32.0 Å². The fraction of sp³-hybridized carbons (Fsp3) is 0.796. The molecule has 0 spiro atoms. The third kappa shape index (κ3) is 26.1. The zero-order chi connectivity index (χ0) is 44.9. The van der Waals surface area contributed by atoms with Crippen molar-refractivity contribution in [3.63, 3.8) is 0 Å². The molecule has 0 aliphatic rings. The molecule has 61 heavy (non-hydrogen) atoms. The number of nitrogens with zero attached hydrogens (tertiary/aromatic N) is 1. The summed E-state index contributed by atoms with van der Waals surface area (Å²) in [6.45, 7) is 10.8. The monoisotopic (exact) mass is 881 g/mol. The van der Waals surface area contributed by atoms with Gasteiger partial charge in [0.05, 0.1) is 27.7 Å². The van der Waals surface area contributed by atoms with Crippen LogP contribution in [-0.2, 0) is 58.4 Å². The molecule has 0 aliphatic carbocycles. The molecule has 0 bridgehead atoms. The quantitative estimate of drug-likeness (QED) is 0.0300. The lowest BCUT2D eigenvalue weighted by Gasteiger charge is -2.24. The second-order valence-corrected chi connectivity index (χ2v) is 19.7. The average Bonchev–Trinajstić information content (AvgIpc) is 3.69. The Hall–Kier alpha value is -2.43. The van der Waals surface area contributed by atoms with Gasteiger partial charge in [-0.15, -0.1) is 0 Å². The van der Waals surface area contributed by atoms with E-state index in [2.05, 4.69) is 40.7 Å². The Bertz CT molecular complexity index is 1530. The maximum atomic E-state index is 12.8. The van der Waals surface area contributed by atoms with Crippen LogP contribution in [0.3, 0.4) is 0 Å². The summed E-state index contributed by atoms with van der Waals surface area (Å²) in [5, 5.41) is 0. The molecular formula is C49H87NO10P+. The average molecular weight is 881 g/mol. The molecule has 2 rings (SSSR count). The van der Waals surface area contributed by atoms with Crippen LogP contribution in [0.4, 0.5) is 0 Å². The van der Waals surface area contributed by atoms with Crippen LogP contribution in [0.25, 0.3) is 0 Å². The first kappa shape index (κ1) is 54.7. The van der Waals surface area contributed by atoms with Gasteiger partial charge in [-0.05, 0) is 82.1 Å². The highest BCUT2D eigenvalue weighted by atomic mass is 31.2. The normalized spacial score (nSPS) is 13.4. The number of esters is 2. The van der Waals surface area contributed by atoms with Crippen molar-refractivity contribution < 1.29 is 50.9 Å². The maximum absolute atomic E-state index is 12.8. The van der Waals surface area contributed by atoms with E-state index in [1.54, 1.807) is 0 Å². The van der Waals surface area contributed by atoms with Gasteiger partial charge in [0.15, 0.2) is 6.10 Å². The summed E-state index contributed by atoms with van der Waals surface area (Å²) in [6, 6.07) is 2.18. The minimum Gasteiger partial charge on any atom is -0.466 e. The van der Waals surface area contributed by atoms with E-state index in [4.69, 9.17) is 27.4 Å². The molecule has 0 saturated carbocycles. The first-order chi connectivity index (χ1) is 29.1. The number of quaternary nitrogens is 1. The predicted octanol–water partition coefficient (Wildman–Crippen LogP) is 12.6. The first-order valence-corrected chi connectivity index (χ1v) is 25.6. The molecule has 2 atom stereocenters. The van der Waals surface area contributed by atoms with Gasteiger partial charge < -0.3 is 27.7 Å². The Kier molecular flexibility index (Phi) is 28.2. The Labute approximate surface area is 370 Å². The number of furan rings is 2. The molecule has 1 N–H and O–H groups in total. The smallest absolute Gasteiger partial charge is 0.466 e. The van der Waals surface area contributed by atoms with Crippen LogP contribution in [0.2, 0.25) is 0 Å². The summed E-state index contributed by atoms with van der Waals surface area (Å²) in [6.07, 6.45) is 25.2. The SMILES string of the molecule is CCCCCc1oc(CCCCCCCCCCC(=O)OCC(COP(=O)(O)OCC[N+](C)(C)C)OC(=O)CCCCCCCCCCc2oc(CCC)cc2C)c(C)c1C. The lowest BCUT2D eigenvalue weighted by atomic mass is 10.0. The van der Waals surface area contributed by atoms with Crippen molar-refractivity contribution in [1.29, 1.82) is 0 Å². The van der Waals surface area contributed by atoms with Crippen LogP contribution < -0.4 is 0 Å². The molecule has 2 aromatic rings. The van der Waals surface area contributed by atoms with Crippen LogP contribution in [0.15, 0.2) is 14.9 Å². The molecule has 2 aromatic heterocycles. The van der Waals surface area contributed by atoms with E-state index >= 15 is 0 Å². The van der Waals surface area contributed by atoms with Gasteiger partial charge in [-0.1, -0.05) is 104 Å². The number of aryl methyl sites for hydroxylation is 5. The molecular weight excluding hydrogens is 794 g/mol. The third-order valence-corrected chi connectivity index (χ3v) is 12.4. The maximum Gasteiger partial charge on any atom is 0.472 e. The van der Waals surface area contributed by atoms with Crippen molar-refractivity contribution in [3.05, 3.63) is 45.8 Å². The highest BCUT2D eigenvalue weighted by Crippen LogP contribution is 2.43. The number of unbranched alkanes of at least 4 members (excludes halogenated alkanes) is 16. The Morgan fingerprint density at radius 1 is 0.623 bits per heavy atom. The number of hydrogen-bond acceptors (Lipinski definition) is 9. The highest BCUT2D eigenvalue weighted by molar-refractivity contribution is 7.47. The lowest BCUT2D eigenvalue weighted by molar-refractivity contribution is -0.870. The van der Waals surface area contributed by atoms with Gasteiger partial charge in [-0.3, -0.25) is 18.6 Å². The van der Waals surface area contributed by atoms with Gasteiger partial charge in [0.2, 0.25) is 0 Å². The van der Waals surface area contributed by atoms with Gasteiger partial charge in [0.25, 0.3) is 0 Å². The van der Waals surface area contributed by atoms with Crippen LogP contribution in [0.1, 0.15) is 195 Å². The highest BCUT2D eigenvalue weighted by Gasteiger charge is 2.27. The number of ether oxygens (including phenoxy) is 2. The summed E-state index contributed by atoms with van der Waals surface area (Å²) in [7, 11) is 1.44. The fourth-order valence-corrected chi connectivity index (χ4v) is 8.18. The van der Waals surface area contributed by atoms with Crippen molar-refractivity contribution in [2.45, 2.75) is 208 Å². The number of carbonyl (C=O) groups excluding carboxylic acids is 2. The minimum atomic E-state index is -4.40. The summed E-state index contributed by atoms with van der Waals surface area (Å²) in [4.78, 5) is 35.6. The Balaban J connectivity index is 1.63. The zero-order valence-electron chi connectivity index (χ0n) is 39.9. The van der Waals surface area contributed by atoms with Crippen LogP contribution in [0, 0.1) is 20.8 Å². The second kappa shape index (κ2) is 31.4. The number of likely N-dealkylation sites (N-methyl/N-ethyl adjacent to an activating group) is 1. The molecule has 352 valence electrons. The summed E-state index contributed by atoms with van der Waals surface area (Å²) >= 11 is 0. The van der Waals surface area contributed by atoms with E-state index < -0.39 is 26.5 Å². The lowest BCUT2D eigenvalue weighted by Crippen LogP contribution is -2.37. The van der Waals surface area contributed by atoms with Crippen molar-refractivity contribution in [2.24, 2.45) is 0 Å². The first-order valence-electron chi connectivity index (χ1n) is 24.1. The van der Waals surface area contributed by atoms with Gasteiger partial charge in [-0.2, -0.15) is 0 Å². The Morgan fingerprint density at radius 2 is 1.11 bits per heavy atom. The van der Waals surface area contributed by atoms with Crippen molar-refractivity contribution in [2.75, 3.05) is 47.5 Å². The van der Waals surface area contributed by atoms with Crippen molar-refractivity contribution in [3.8, 4) is 0 Å². The number of carbonyl (C=O) groups is 2. The fourth-order valence-electron chi connectivity index (χ4n) is 7.44. The van der Waals surface area contributed by atoms with E-state index in [0.29, 0.717) is 23.9 Å². The number of phosphoric ester groups is 1. The second-order valence-electron chi connectivity index (χ2n) is 18.3. The summed E-state index contributed by atoms with van der Waals surface area (Å²) in [5.41, 5.74) is 3.93. The molecule has 0 fully saturated rings. The van der Waals surface area contributed by atoms with Gasteiger partial charge in [0, 0.05) is 38.5 Å². The molecule has 11 nitrogen and oxygen atoms in total.